The molecule has 1 heterocycles. The number of hydrogen-bond donors (Lipinski definition) is 1. The first kappa shape index (κ1) is 9.57. The Morgan fingerprint density at radius 1 is 1.62 bits per heavy atom. The van der Waals surface area contributed by atoms with E-state index in [0.29, 0.717) is 6.29 Å². The van der Waals surface area contributed by atoms with Crippen LogP contribution in [-0.2, 0) is 0 Å². The number of nitrogens with zero attached hydrogens (tertiary/aromatic N) is 1. The zero-order chi connectivity index (χ0) is 10.0. The van der Waals surface area contributed by atoms with E-state index in [4.69, 9.17) is 5.73 Å². The normalized spacial score (nSPS) is 10.5. The Bertz CT molecular complexity index is 339. The highest BCUT2D eigenvalue weighted by atomic mass is 19.3. The van der Waals surface area contributed by atoms with Crippen molar-refractivity contribution in [2.75, 3.05) is 5.73 Å². The van der Waals surface area contributed by atoms with Crippen LogP contribution in [0.5, 0.6) is 0 Å². The van der Waals surface area contributed by atoms with Gasteiger partial charge in [0.25, 0.3) is 6.43 Å². The predicted molar refractivity (Wildman–Crippen MR) is 43.7 cm³/mol. The van der Waals surface area contributed by atoms with Crippen molar-refractivity contribution in [3.05, 3.63) is 23.0 Å². The van der Waals surface area contributed by atoms with Crippen LogP contribution in [0.25, 0.3) is 0 Å². The van der Waals surface area contributed by atoms with E-state index in [2.05, 4.69) is 4.98 Å². The van der Waals surface area contributed by atoms with Crippen LogP contribution in [0, 0.1) is 6.92 Å². The summed E-state index contributed by atoms with van der Waals surface area (Å²) in [5, 5.41) is 0. The van der Waals surface area contributed by atoms with Crippen molar-refractivity contribution in [3.63, 3.8) is 0 Å². The van der Waals surface area contributed by atoms with Gasteiger partial charge in [0.1, 0.15) is 11.4 Å². The highest BCUT2D eigenvalue weighted by Crippen LogP contribution is 2.24. The predicted octanol–water partition coefficient (Wildman–Crippen LogP) is 1.72. The van der Waals surface area contributed by atoms with Gasteiger partial charge in [0.15, 0.2) is 6.29 Å². The summed E-state index contributed by atoms with van der Waals surface area (Å²) in [5.41, 5.74) is 5.29. The lowest BCUT2D eigenvalue weighted by Gasteiger charge is -2.06. The van der Waals surface area contributed by atoms with Crippen molar-refractivity contribution < 1.29 is 13.6 Å². The third-order valence-corrected chi connectivity index (χ3v) is 1.70. The van der Waals surface area contributed by atoms with Crippen molar-refractivity contribution in [1.82, 2.24) is 4.98 Å². The van der Waals surface area contributed by atoms with Crippen LogP contribution in [0.1, 0.15) is 28.2 Å². The summed E-state index contributed by atoms with van der Waals surface area (Å²) in [4.78, 5) is 13.7. The number of aldehydes is 1. The number of anilines is 1. The van der Waals surface area contributed by atoms with E-state index in [-0.39, 0.29) is 16.9 Å². The molecule has 0 saturated carbocycles. The van der Waals surface area contributed by atoms with Gasteiger partial charge in [0.2, 0.25) is 0 Å². The Kier molecular flexibility index (Phi) is 2.55. The zero-order valence-electron chi connectivity index (χ0n) is 6.92. The molecule has 1 rings (SSSR count). The number of rotatable bonds is 2. The first-order valence-electron chi connectivity index (χ1n) is 3.56. The summed E-state index contributed by atoms with van der Waals surface area (Å²) in [6.07, 6.45) is -2.32. The third kappa shape index (κ3) is 1.80. The number of aromatic nitrogens is 1. The minimum atomic E-state index is -2.71. The lowest BCUT2D eigenvalue weighted by molar-refractivity contribution is 0.111. The number of alkyl halides is 2. The van der Waals surface area contributed by atoms with Crippen LogP contribution in [0.3, 0.4) is 0 Å². The summed E-state index contributed by atoms with van der Waals surface area (Å²) in [7, 11) is 0. The Hall–Kier alpha value is -1.52. The monoisotopic (exact) mass is 186 g/mol. The number of pyridine rings is 1. The van der Waals surface area contributed by atoms with Crippen molar-refractivity contribution in [3.8, 4) is 0 Å². The Morgan fingerprint density at radius 2 is 2.23 bits per heavy atom. The second kappa shape index (κ2) is 3.47. The SMILES string of the molecule is Cc1c(N)cc(C=O)nc1C(F)F. The van der Waals surface area contributed by atoms with Crippen molar-refractivity contribution in [2.24, 2.45) is 0 Å². The minimum Gasteiger partial charge on any atom is -0.398 e. The van der Waals surface area contributed by atoms with E-state index in [0.717, 1.165) is 0 Å². The van der Waals surface area contributed by atoms with Gasteiger partial charge in [-0.15, -0.1) is 0 Å². The Morgan fingerprint density at radius 3 is 2.69 bits per heavy atom. The molecule has 0 unspecified atom stereocenters. The maximum atomic E-state index is 12.3. The number of halogens is 2. The van der Waals surface area contributed by atoms with Crippen LogP contribution in [-0.4, -0.2) is 11.3 Å². The van der Waals surface area contributed by atoms with Gasteiger partial charge in [-0.2, -0.15) is 0 Å². The molecule has 0 spiro atoms. The molecule has 2 N–H and O–H groups in total. The molecule has 0 fully saturated rings. The van der Waals surface area contributed by atoms with E-state index >= 15 is 0 Å². The van der Waals surface area contributed by atoms with E-state index in [1.165, 1.54) is 13.0 Å². The van der Waals surface area contributed by atoms with Crippen molar-refractivity contribution in [1.29, 1.82) is 0 Å². The summed E-state index contributed by atoms with van der Waals surface area (Å²) in [5.74, 6) is 0. The maximum Gasteiger partial charge on any atom is 0.280 e. The van der Waals surface area contributed by atoms with Gasteiger partial charge in [0.05, 0.1) is 0 Å². The molecule has 0 bridgehead atoms. The van der Waals surface area contributed by atoms with Gasteiger partial charge in [-0.05, 0) is 18.6 Å². The van der Waals surface area contributed by atoms with Gasteiger partial charge >= 0.3 is 0 Å². The van der Waals surface area contributed by atoms with Crippen molar-refractivity contribution in [2.45, 2.75) is 13.3 Å². The standard InChI is InChI=1S/C8H8F2N2O/c1-4-6(11)2-5(3-13)12-7(4)8(9)10/h2-3,8H,1H3,(H2,11,12). The molecule has 70 valence electrons. The van der Waals surface area contributed by atoms with E-state index in [1.54, 1.807) is 0 Å². The molecule has 5 heteroatoms. The van der Waals surface area contributed by atoms with Crippen LogP contribution < -0.4 is 5.73 Å². The molecule has 0 saturated heterocycles. The fourth-order valence-corrected chi connectivity index (χ4v) is 0.944. The van der Waals surface area contributed by atoms with Gasteiger partial charge in [-0.1, -0.05) is 0 Å². The Balaban J connectivity index is 3.32. The molecule has 0 aliphatic carbocycles. The van der Waals surface area contributed by atoms with Crippen LogP contribution in [0.15, 0.2) is 6.07 Å². The number of carbonyl (C=O) groups excluding carboxylic acids is 1. The van der Waals surface area contributed by atoms with E-state index < -0.39 is 12.1 Å². The van der Waals surface area contributed by atoms with Crippen molar-refractivity contribution >= 4 is 12.0 Å². The average Bonchev–Trinajstić information content (AvgIpc) is 2.09. The van der Waals surface area contributed by atoms with Gasteiger partial charge in [0, 0.05) is 5.69 Å². The fourth-order valence-electron chi connectivity index (χ4n) is 0.944. The minimum absolute atomic E-state index is 0.0709. The third-order valence-electron chi connectivity index (χ3n) is 1.70. The van der Waals surface area contributed by atoms with Gasteiger partial charge < -0.3 is 5.73 Å². The highest BCUT2D eigenvalue weighted by Gasteiger charge is 2.15. The molecule has 0 aliphatic heterocycles. The van der Waals surface area contributed by atoms with Crippen LogP contribution in [0.4, 0.5) is 14.5 Å². The molecular formula is C8H8F2N2O. The quantitative estimate of drug-likeness (QED) is 0.715. The first-order valence-corrected chi connectivity index (χ1v) is 3.56. The zero-order valence-corrected chi connectivity index (χ0v) is 6.92. The molecule has 1 aromatic rings. The number of nitrogen functional groups attached to an aromatic ring is 1. The molecule has 13 heavy (non-hydrogen) atoms. The van der Waals surface area contributed by atoms with Gasteiger partial charge in [-0.3, -0.25) is 4.79 Å². The molecule has 0 radical (unpaired) electrons. The lowest BCUT2D eigenvalue weighted by atomic mass is 10.1. The highest BCUT2D eigenvalue weighted by molar-refractivity contribution is 5.74. The molecule has 0 amide bonds. The second-order valence-corrected chi connectivity index (χ2v) is 2.57. The molecular weight excluding hydrogens is 178 g/mol. The van der Waals surface area contributed by atoms with Gasteiger partial charge in [-0.25, -0.2) is 13.8 Å². The smallest absolute Gasteiger partial charge is 0.280 e. The maximum absolute atomic E-state index is 12.3. The van der Waals surface area contributed by atoms with Crippen LogP contribution >= 0.6 is 0 Å². The number of nitrogens with two attached hydrogens (primary N) is 1. The number of carbonyl (C=O) groups is 1. The second-order valence-electron chi connectivity index (χ2n) is 2.57. The topological polar surface area (TPSA) is 56.0 Å². The summed E-state index contributed by atoms with van der Waals surface area (Å²) in [6, 6.07) is 1.27. The number of hydrogen-bond acceptors (Lipinski definition) is 3. The van der Waals surface area contributed by atoms with E-state index in [9.17, 15) is 13.6 Å². The molecule has 0 aliphatic rings. The summed E-state index contributed by atoms with van der Waals surface area (Å²) >= 11 is 0. The first-order chi connectivity index (χ1) is 6.06. The summed E-state index contributed by atoms with van der Waals surface area (Å²) in [6.45, 7) is 1.44. The van der Waals surface area contributed by atoms with E-state index in [1.807, 2.05) is 0 Å². The molecule has 3 nitrogen and oxygen atoms in total. The Labute approximate surface area is 73.6 Å². The molecule has 1 aromatic heterocycles. The molecule has 0 aromatic carbocycles. The van der Waals surface area contributed by atoms with Crippen LogP contribution in [0.2, 0.25) is 0 Å². The molecule has 0 atom stereocenters. The lowest BCUT2D eigenvalue weighted by Crippen LogP contribution is -2.03. The summed E-state index contributed by atoms with van der Waals surface area (Å²) < 4.78 is 24.6. The largest absolute Gasteiger partial charge is 0.398 e. The average molecular weight is 186 g/mol. The fraction of sp³-hybridized carbons (Fsp3) is 0.250.